The molecule has 0 unspecified atom stereocenters. The molecule has 1 amide bonds. The van der Waals surface area contributed by atoms with Gasteiger partial charge in [0, 0.05) is 18.0 Å². The van der Waals surface area contributed by atoms with E-state index in [4.69, 9.17) is 23.2 Å². The molecule has 0 bridgehead atoms. The van der Waals surface area contributed by atoms with E-state index in [1.165, 1.54) is 22.2 Å². The third-order valence-corrected chi connectivity index (χ3v) is 4.62. The Morgan fingerprint density at radius 2 is 2.13 bits per heavy atom. The normalized spacial score (nSPS) is 10.9. The molecule has 1 N–H and O–H groups in total. The maximum atomic E-state index is 12.2. The second-order valence-electron chi connectivity index (χ2n) is 4.80. The van der Waals surface area contributed by atoms with Crippen LogP contribution in [-0.2, 0) is 11.3 Å². The number of halogens is 2. The third kappa shape index (κ3) is 3.55. The van der Waals surface area contributed by atoms with Crippen molar-refractivity contribution in [2.24, 2.45) is 0 Å². The van der Waals surface area contributed by atoms with Crippen molar-refractivity contribution < 1.29 is 4.79 Å². The molecule has 0 saturated heterocycles. The highest BCUT2D eigenvalue weighted by Gasteiger charge is 2.09. The van der Waals surface area contributed by atoms with Crippen molar-refractivity contribution in [2.45, 2.75) is 13.0 Å². The van der Waals surface area contributed by atoms with Crippen LogP contribution in [-0.4, -0.2) is 15.5 Å². The van der Waals surface area contributed by atoms with E-state index in [0.717, 1.165) is 0 Å². The van der Waals surface area contributed by atoms with E-state index in [2.05, 4.69) is 10.3 Å². The van der Waals surface area contributed by atoms with Gasteiger partial charge in [-0.05, 0) is 29.6 Å². The Balaban J connectivity index is 1.69. The van der Waals surface area contributed by atoms with Crippen molar-refractivity contribution >= 4 is 56.3 Å². The number of fused-ring (bicyclic) bond motifs is 1. The Bertz CT molecular complexity index is 936. The lowest BCUT2D eigenvalue weighted by Gasteiger charge is -2.08. The number of carbonyl (C=O) groups is 1. The number of hydrogen-bond donors (Lipinski definition) is 1. The summed E-state index contributed by atoms with van der Waals surface area (Å²) in [6.07, 6.45) is 1.58. The zero-order valence-corrected chi connectivity index (χ0v) is 14.1. The monoisotopic (exact) mass is 367 g/mol. The van der Waals surface area contributed by atoms with E-state index >= 15 is 0 Å². The van der Waals surface area contributed by atoms with Crippen LogP contribution in [0, 0.1) is 0 Å². The van der Waals surface area contributed by atoms with Gasteiger partial charge in [0.25, 0.3) is 5.56 Å². The van der Waals surface area contributed by atoms with Gasteiger partial charge < -0.3 is 5.32 Å². The molecular formula is C15H11Cl2N3O2S. The first kappa shape index (κ1) is 16.0. The summed E-state index contributed by atoms with van der Waals surface area (Å²) in [5, 5.41) is 5.95. The van der Waals surface area contributed by atoms with Crippen LogP contribution in [0.15, 0.2) is 40.8 Å². The number of benzene rings is 1. The molecule has 0 saturated carbocycles. The molecule has 1 aromatic carbocycles. The van der Waals surface area contributed by atoms with Gasteiger partial charge >= 0.3 is 0 Å². The predicted molar refractivity (Wildman–Crippen MR) is 93.6 cm³/mol. The second-order valence-corrected chi connectivity index (χ2v) is 6.54. The largest absolute Gasteiger partial charge is 0.325 e. The summed E-state index contributed by atoms with van der Waals surface area (Å²) in [7, 11) is 0. The van der Waals surface area contributed by atoms with Crippen molar-refractivity contribution in [2.75, 3.05) is 5.32 Å². The maximum Gasteiger partial charge on any atom is 0.262 e. The average Bonchev–Trinajstić information content (AvgIpc) is 3.00. The molecule has 118 valence electrons. The molecule has 3 aromatic rings. The zero-order valence-electron chi connectivity index (χ0n) is 11.8. The molecule has 0 aliphatic heterocycles. The molecule has 0 aliphatic rings. The molecule has 0 aliphatic carbocycles. The minimum atomic E-state index is -0.258. The summed E-state index contributed by atoms with van der Waals surface area (Å²) < 4.78 is 1.42. The smallest absolute Gasteiger partial charge is 0.262 e. The molecule has 23 heavy (non-hydrogen) atoms. The number of carbonyl (C=O) groups excluding carboxylic acids is 1. The number of aromatic nitrogens is 2. The van der Waals surface area contributed by atoms with Crippen molar-refractivity contribution in [3.8, 4) is 0 Å². The fourth-order valence-corrected chi connectivity index (χ4v) is 3.14. The highest BCUT2D eigenvalue weighted by Crippen LogP contribution is 2.25. The van der Waals surface area contributed by atoms with Crippen LogP contribution in [0.3, 0.4) is 0 Å². The zero-order chi connectivity index (χ0) is 16.4. The number of rotatable bonds is 4. The molecule has 3 rings (SSSR count). The van der Waals surface area contributed by atoms with Crippen LogP contribution in [0.2, 0.25) is 10.0 Å². The first-order valence-corrected chi connectivity index (χ1v) is 8.36. The molecule has 0 spiro atoms. The van der Waals surface area contributed by atoms with Gasteiger partial charge in [-0.1, -0.05) is 23.2 Å². The summed E-state index contributed by atoms with van der Waals surface area (Å²) in [4.78, 5) is 29.1. The number of anilines is 1. The summed E-state index contributed by atoms with van der Waals surface area (Å²) in [6, 6.07) is 6.56. The van der Waals surface area contributed by atoms with E-state index in [1.54, 1.807) is 24.3 Å². The average molecular weight is 368 g/mol. The molecule has 8 heteroatoms. The van der Waals surface area contributed by atoms with Crippen molar-refractivity contribution in [3.05, 3.63) is 56.4 Å². The molecule has 0 atom stereocenters. The third-order valence-electron chi connectivity index (χ3n) is 3.23. The Morgan fingerprint density at radius 3 is 2.96 bits per heavy atom. The summed E-state index contributed by atoms with van der Waals surface area (Å²) in [6.45, 7) is 0.238. The van der Waals surface area contributed by atoms with Gasteiger partial charge in [0.2, 0.25) is 5.91 Å². The van der Waals surface area contributed by atoms with Crippen LogP contribution < -0.4 is 10.9 Å². The number of nitrogens with zero attached hydrogens (tertiary/aromatic N) is 2. The first-order chi connectivity index (χ1) is 11.0. The topological polar surface area (TPSA) is 64.0 Å². The Kier molecular flexibility index (Phi) is 4.66. The van der Waals surface area contributed by atoms with Crippen LogP contribution in [0.1, 0.15) is 6.42 Å². The Hall–Kier alpha value is -1.89. The van der Waals surface area contributed by atoms with Gasteiger partial charge in [0.1, 0.15) is 4.83 Å². The lowest BCUT2D eigenvalue weighted by Crippen LogP contribution is -2.23. The van der Waals surface area contributed by atoms with Crippen LogP contribution >= 0.6 is 34.5 Å². The van der Waals surface area contributed by atoms with Gasteiger partial charge in [-0.3, -0.25) is 14.2 Å². The molecule has 0 radical (unpaired) electrons. The highest BCUT2D eigenvalue weighted by atomic mass is 35.5. The first-order valence-electron chi connectivity index (χ1n) is 6.72. The number of aryl methyl sites for hydroxylation is 1. The summed E-state index contributed by atoms with van der Waals surface area (Å²) >= 11 is 13.3. The fraction of sp³-hybridized carbons (Fsp3) is 0.133. The Labute approximate surface area is 145 Å². The Morgan fingerprint density at radius 1 is 1.30 bits per heavy atom. The van der Waals surface area contributed by atoms with Crippen molar-refractivity contribution in [3.63, 3.8) is 0 Å². The van der Waals surface area contributed by atoms with E-state index in [1.807, 2.05) is 5.38 Å². The fourth-order valence-electron chi connectivity index (χ4n) is 2.08. The summed E-state index contributed by atoms with van der Waals surface area (Å²) in [5.74, 6) is -0.258. The predicted octanol–water partition coefficient (Wildman–Crippen LogP) is 3.79. The second kappa shape index (κ2) is 6.70. The molecule has 2 aromatic heterocycles. The molecule has 2 heterocycles. The van der Waals surface area contributed by atoms with E-state index < -0.39 is 0 Å². The van der Waals surface area contributed by atoms with E-state index in [-0.39, 0.29) is 24.4 Å². The maximum absolute atomic E-state index is 12.2. The quantitative estimate of drug-likeness (QED) is 0.762. The molecule has 5 nitrogen and oxygen atoms in total. The number of thiophene rings is 1. The minimum absolute atomic E-state index is 0.125. The van der Waals surface area contributed by atoms with Crippen LogP contribution in [0.4, 0.5) is 5.69 Å². The lowest BCUT2D eigenvalue weighted by atomic mass is 10.3. The van der Waals surface area contributed by atoms with Crippen LogP contribution in [0.25, 0.3) is 10.2 Å². The minimum Gasteiger partial charge on any atom is -0.325 e. The van der Waals surface area contributed by atoms with E-state index in [0.29, 0.717) is 25.9 Å². The molecule has 0 fully saturated rings. The molecular weight excluding hydrogens is 357 g/mol. The SMILES string of the molecule is O=C(CCn1cnc2sccc2c1=O)Nc1cc(Cl)ccc1Cl. The van der Waals surface area contributed by atoms with Gasteiger partial charge in [0.05, 0.1) is 22.4 Å². The number of hydrogen-bond acceptors (Lipinski definition) is 4. The van der Waals surface area contributed by atoms with Gasteiger partial charge in [0.15, 0.2) is 0 Å². The standard InChI is InChI=1S/C15H11Cl2N3O2S/c16-9-1-2-11(17)12(7-9)19-13(21)3-5-20-8-18-14-10(15(20)22)4-6-23-14/h1-2,4,6-8H,3,5H2,(H,19,21). The number of nitrogens with one attached hydrogen (secondary N) is 1. The van der Waals surface area contributed by atoms with Gasteiger partial charge in [-0.2, -0.15) is 0 Å². The van der Waals surface area contributed by atoms with Crippen LogP contribution in [0.5, 0.6) is 0 Å². The van der Waals surface area contributed by atoms with Crippen molar-refractivity contribution in [1.29, 1.82) is 0 Å². The number of amides is 1. The van der Waals surface area contributed by atoms with E-state index in [9.17, 15) is 9.59 Å². The van der Waals surface area contributed by atoms with Gasteiger partial charge in [-0.15, -0.1) is 11.3 Å². The van der Waals surface area contributed by atoms with Crippen molar-refractivity contribution in [1.82, 2.24) is 9.55 Å². The van der Waals surface area contributed by atoms with Gasteiger partial charge in [-0.25, -0.2) is 4.98 Å². The lowest BCUT2D eigenvalue weighted by molar-refractivity contribution is -0.116. The highest BCUT2D eigenvalue weighted by molar-refractivity contribution is 7.16. The summed E-state index contributed by atoms with van der Waals surface area (Å²) in [5.41, 5.74) is 0.299.